The molecule has 0 saturated carbocycles. The molecule has 0 aliphatic carbocycles. The van der Waals surface area contributed by atoms with Crippen LogP contribution in [-0.2, 0) is 4.79 Å². The third-order valence-electron chi connectivity index (χ3n) is 11.1. The molecule has 278 valence electrons. The molecule has 14 nitrogen and oxygen atoms in total. The van der Waals surface area contributed by atoms with Gasteiger partial charge in [-0.25, -0.2) is 15.0 Å². The standard InChI is InChI=1S/C38H53N11O3/c1-45(26-50)20-21-46(2)32-4-3-15-49(25-32)34-23-42-35(37(40)52)38(44-34)43-30-7-5-28(6-8-30)29-13-16-47(17-14-29)24-27-11-18-48(19-12-27)31-9-10-33(36(39)51)41-22-31/h5-10,22-23,26-27,29,32H,3-4,11-21,24-25H2,1-2H3,(H2,39,51)(H2,40,52)(H,43,44). The molecule has 2 aromatic heterocycles. The van der Waals surface area contributed by atoms with E-state index in [0.717, 1.165) is 109 Å². The highest BCUT2D eigenvalue weighted by Gasteiger charge is 2.27. The van der Waals surface area contributed by atoms with Gasteiger partial charge in [0.25, 0.3) is 11.8 Å². The van der Waals surface area contributed by atoms with Gasteiger partial charge in [-0.15, -0.1) is 0 Å². The van der Waals surface area contributed by atoms with Crippen LogP contribution in [0.15, 0.2) is 48.8 Å². The van der Waals surface area contributed by atoms with Gasteiger partial charge in [-0.05, 0) is 100 Å². The normalized spacial score (nSPS) is 19.1. The molecule has 0 radical (unpaired) electrons. The van der Waals surface area contributed by atoms with Crippen LogP contribution in [-0.4, -0.2) is 127 Å². The number of nitrogens with one attached hydrogen (secondary N) is 1. The first-order valence-corrected chi connectivity index (χ1v) is 18.5. The highest BCUT2D eigenvalue weighted by Crippen LogP contribution is 2.32. The lowest BCUT2D eigenvalue weighted by molar-refractivity contribution is -0.117. The minimum absolute atomic E-state index is 0.115. The zero-order chi connectivity index (χ0) is 36.6. The van der Waals surface area contributed by atoms with Gasteiger partial charge in [-0.1, -0.05) is 12.1 Å². The van der Waals surface area contributed by atoms with Crippen LogP contribution in [0.4, 0.5) is 23.0 Å². The lowest BCUT2D eigenvalue weighted by Crippen LogP contribution is -2.48. The summed E-state index contributed by atoms with van der Waals surface area (Å²) in [5, 5.41) is 3.33. The molecule has 0 spiro atoms. The minimum atomic E-state index is -0.625. The number of nitrogens with two attached hydrogens (primary N) is 2. The van der Waals surface area contributed by atoms with Crippen LogP contribution in [0, 0.1) is 5.92 Å². The van der Waals surface area contributed by atoms with E-state index in [2.05, 4.69) is 54.1 Å². The van der Waals surface area contributed by atoms with Crippen molar-refractivity contribution < 1.29 is 14.4 Å². The highest BCUT2D eigenvalue weighted by atomic mass is 16.1. The Morgan fingerprint density at radius 1 is 0.865 bits per heavy atom. The highest BCUT2D eigenvalue weighted by molar-refractivity contribution is 5.96. The molecule has 52 heavy (non-hydrogen) atoms. The van der Waals surface area contributed by atoms with Gasteiger partial charge in [0.15, 0.2) is 11.5 Å². The molecule has 14 heteroatoms. The summed E-state index contributed by atoms with van der Waals surface area (Å²) in [5.74, 6) is 1.13. The Labute approximate surface area is 306 Å². The molecule has 0 bridgehead atoms. The SMILES string of the molecule is CN(C=O)CCN(C)C1CCCN(c2cnc(C(N)=O)c(Nc3ccc(C4CCN(CC5CCN(c6ccc(C(N)=O)nc6)CC5)CC4)cc3)n2)C1. The monoisotopic (exact) mass is 711 g/mol. The van der Waals surface area contributed by atoms with Crippen molar-refractivity contribution in [2.75, 3.05) is 88.1 Å². The van der Waals surface area contributed by atoms with Crippen LogP contribution in [0.2, 0.25) is 0 Å². The number of amides is 3. The summed E-state index contributed by atoms with van der Waals surface area (Å²) in [4.78, 5) is 59.3. The lowest BCUT2D eigenvalue weighted by Gasteiger charge is -2.38. The average molecular weight is 712 g/mol. The summed E-state index contributed by atoms with van der Waals surface area (Å²) < 4.78 is 0. The molecule has 3 saturated heterocycles. The van der Waals surface area contributed by atoms with E-state index < -0.39 is 11.8 Å². The van der Waals surface area contributed by atoms with Gasteiger partial charge in [0.05, 0.1) is 18.1 Å². The maximum atomic E-state index is 12.3. The van der Waals surface area contributed by atoms with Crippen molar-refractivity contribution in [1.29, 1.82) is 0 Å². The van der Waals surface area contributed by atoms with Crippen LogP contribution in [0.5, 0.6) is 0 Å². The zero-order valence-electron chi connectivity index (χ0n) is 30.5. The maximum absolute atomic E-state index is 12.3. The van der Waals surface area contributed by atoms with E-state index >= 15 is 0 Å². The number of likely N-dealkylation sites (tertiary alicyclic amines) is 1. The number of anilines is 4. The second-order valence-corrected chi connectivity index (χ2v) is 14.6. The Kier molecular flexibility index (Phi) is 12.2. The van der Waals surface area contributed by atoms with Crippen LogP contribution < -0.4 is 26.6 Å². The van der Waals surface area contributed by atoms with Gasteiger partial charge in [0, 0.05) is 64.6 Å². The fraction of sp³-hybridized carbons (Fsp3) is 0.526. The Bertz CT molecular complexity index is 1660. The zero-order valence-corrected chi connectivity index (χ0v) is 30.5. The number of nitrogens with zero attached hydrogens (tertiary/aromatic N) is 8. The Balaban J connectivity index is 0.990. The van der Waals surface area contributed by atoms with E-state index in [1.165, 1.54) is 5.56 Å². The van der Waals surface area contributed by atoms with Crippen LogP contribution >= 0.6 is 0 Å². The number of likely N-dealkylation sites (N-methyl/N-ethyl adjacent to an activating group) is 2. The quantitative estimate of drug-likeness (QED) is 0.210. The van der Waals surface area contributed by atoms with Gasteiger partial charge in [0.1, 0.15) is 11.5 Å². The Hall–Kier alpha value is -4.82. The van der Waals surface area contributed by atoms with Crippen LogP contribution in [0.1, 0.15) is 71.0 Å². The van der Waals surface area contributed by atoms with Crippen molar-refractivity contribution >= 4 is 41.2 Å². The van der Waals surface area contributed by atoms with E-state index in [1.54, 1.807) is 30.4 Å². The predicted molar refractivity (Wildman–Crippen MR) is 203 cm³/mol. The number of aromatic nitrogens is 3. The maximum Gasteiger partial charge on any atom is 0.271 e. The van der Waals surface area contributed by atoms with Crippen molar-refractivity contribution in [2.24, 2.45) is 17.4 Å². The third kappa shape index (κ3) is 9.34. The number of benzene rings is 1. The summed E-state index contributed by atoms with van der Waals surface area (Å²) in [5.41, 5.74) is 14.7. The van der Waals surface area contributed by atoms with Crippen molar-refractivity contribution in [2.45, 2.75) is 50.5 Å². The van der Waals surface area contributed by atoms with Gasteiger partial charge in [-0.2, -0.15) is 0 Å². The summed E-state index contributed by atoms with van der Waals surface area (Å²) in [6.07, 6.45) is 10.9. The fourth-order valence-electron chi connectivity index (χ4n) is 7.75. The molecule has 3 fully saturated rings. The first kappa shape index (κ1) is 37.0. The molecule has 3 amide bonds. The largest absolute Gasteiger partial charge is 0.370 e. The number of carbonyl (C=O) groups excluding carboxylic acids is 3. The van der Waals surface area contributed by atoms with E-state index in [0.29, 0.717) is 41.8 Å². The molecule has 1 aromatic carbocycles. The Morgan fingerprint density at radius 2 is 1.62 bits per heavy atom. The first-order valence-electron chi connectivity index (χ1n) is 18.5. The number of hydrogen-bond acceptors (Lipinski definition) is 11. The molecule has 3 aliphatic heterocycles. The third-order valence-corrected chi connectivity index (χ3v) is 11.1. The fourth-order valence-corrected chi connectivity index (χ4v) is 7.75. The van der Waals surface area contributed by atoms with E-state index in [-0.39, 0.29) is 5.69 Å². The predicted octanol–water partition coefficient (Wildman–Crippen LogP) is 2.90. The molecular formula is C38H53N11O3. The van der Waals surface area contributed by atoms with E-state index in [9.17, 15) is 14.4 Å². The van der Waals surface area contributed by atoms with Crippen molar-refractivity contribution in [3.63, 3.8) is 0 Å². The number of hydrogen-bond donors (Lipinski definition) is 3. The van der Waals surface area contributed by atoms with Crippen molar-refractivity contribution in [1.82, 2.24) is 29.7 Å². The summed E-state index contributed by atoms with van der Waals surface area (Å²) in [7, 11) is 3.88. The van der Waals surface area contributed by atoms with Gasteiger partial charge < -0.3 is 36.4 Å². The number of rotatable bonds is 14. The van der Waals surface area contributed by atoms with Gasteiger partial charge >= 0.3 is 0 Å². The molecular weight excluding hydrogens is 658 g/mol. The number of carbonyl (C=O) groups is 3. The molecule has 1 unspecified atom stereocenters. The van der Waals surface area contributed by atoms with Crippen molar-refractivity contribution in [3.05, 3.63) is 65.7 Å². The van der Waals surface area contributed by atoms with Gasteiger partial charge in [-0.3, -0.25) is 19.3 Å². The summed E-state index contributed by atoms with van der Waals surface area (Å²) >= 11 is 0. The van der Waals surface area contributed by atoms with Crippen LogP contribution in [0.25, 0.3) is 0 Å². The smallest absolute Gasteiger partial charge is 0.271 e. The summed E-state index contributed by atoms with van der Waals surface area (Å²) in [6, 6.07) is 12.4. The Morgan fingerprint density at radius 3 is 2.27 bits per heavy atom. The molecule has 6 rings (SSSR count). The van der Waals surface area contributed by atoms with Crippen LogP contribution in [0.3, 0.4) is 0 Å². The first-order chi connectivity index (χ1) is 25.2. The second kappa shape index (κ2) is 17.1. The van der Waals surface area contributed by atoms with Gasteiger partial charge in [0.2, 0.25) is 6.41 Å². The minimum Gasteiger partial charge on any atom is -0.370 e. The van der Waals surface area contributed by atoms with Crippen molar-refractivity contribution in [3.8, 4) is 0 Å². The molecule has 5 N–H and O–H groups in total. The molecule has 1 atom stereocenters. The topological polar surface area (TPSA) is 170 Å². The molecule has 5 heterocycles. The number of pyridine rings is 1. The lowest BCUT2D eigenvalue weighted by atomic mass is 9.88. The number of piperidine rings is 3. The number of primary amides is 2. The molecule has 3 aliphatic rings. The van der Waals surface area contributed by atoms with E-state index in [4.69, 9.17) is 16.5 Å². The van der Waals surface area contributed by atoms with E-state index in [1.807, 2.05) is 18.2 Å². The second-order valence-electron chi connectivity index (χ2n) is 14.6. The summed E-state index contributed by atoms with van der Waals surface area (Å²) in [6.45, 7) is 8.41. The molecule has 3 aromatic rings. The average Bonchev–Trinajstić information content (AvgIpc) is 3.17.